The Kier molecular flexibility index (Phi) is 4.46. The monoisotopic (exact) mass is 345 g/mol. The summed E-state index contributed by atoms with van der Waals surface area (Å²) in [6.07, 6.45) is 3.58. The molecule has 0 saturated carbocycles. The van der Waals surface area contributed by atoms with Crippen LogP contribution in [-0.4, -0.2) is 18.0 Å². The number of benzene rings is 2. The number of sulfonamides is 1. The number of nitrogens with one attached hydrogen (secondary N) is 1. The van der Waals surface area contributed by atoms with Crippen molar-refractivity contribution in [2.75, 3.05) is 0 Å². The van der Waals surface area contributed by atoms with Crippen LogP contribution in [-0.2, 0) is 16.6 Å². The molecular weight excluding hydrogens is 329 g/mol. The largest absolute Gasteiger partial charge is 0.304 e. The molecule has 0 saturated heterocycles. The Bertz CT molecular complexity index is 933. The van der Waals surface area contributed by atoms with Gasteiger partial charge in [0.1, 0.15) is 11.6 Å². The molecule has 0 amide bonds. The van der Waals surface area contributed by atoms with Gasteiger partial charge in [-0.05, 0) is 48.9 Å². The Hall–Kier alpha value is -2.51. The Morgan fingerprint density at radius 2 is 1.75 bits per heavy atom. The van der Waals surface area contributed by atoms with E-state index >= 15 is 0 Å². The molecule has 3 rings (SSSR count). The summed E-state index contributed by atoms with van der Waals surface area (Å²) < 4.78 is 41.7. The Morgan fingerprint density at radius 3 is 2.33 bits per heavy atom. The lowest BCUT2D eigenvalue weighted by Crippen LogP contribution is -2.23. The van der Waals surface area contributed by atoms with E-state index in [1.165, 1.54) is 12.1 Å². The maximum Gasteiger partial charge on any atom is 0.240 e. The maximum absolute atomic E-state index is 12.9. The van der Waals surface area contributed by atoms with Crippen LogP contribution in [0.4, 0.5) is 4.39 Å². The molecule has 24 heavy (non-hydrogen) atoms. The van der Waals surface area contributed by atoms with Crippen LogP contribution in [0.2, 0.25) is 0 Å². The van der Waals surface area contributed by atoms with Crippen molar-refractivity contribution < 1.29 is 12.8 Å². The van der Waals surface area contributed by atoms with Gasteiger partial charge in [0.15, 0.2) is 0 Å². The quantitative estimate of drug-likeness (QED) is 0.773. The predicted octanol–water partition coefficient (Wildman–Crippen LogP) is 2.80. The lowest BCUT2D eigenvalue weighted by Gasteiger charge is -2.09. The van der Waals surface area contributed by atoms with Crippen LogP contribution >= 0.6 is 0 Å². The molecule has 1 heterocycles. The average Bonchev–Trinajstić information content (AvgIpc) is 3.00. The van der Waals surface area contributed by atoms with Crippen molar-refractivity contribution in [1.82, 2.24) is 14.3 Å². The number of aryl methyl sites for hydroxylation is 1. The molecule has 0 bridgehead atoms. The number of nitrogens with zero attached hydrogens (tertiary/aromatic N) is 2. The van der Waals surface area contributed by atoms with Crippen molar-refractivity contribution in [2.24, 2.45) is 0 Å². The minimum atomic E-state index is -3.67. The molecule has 0 spiro atoms. The second kappa shape index (κ2) is 6.54. The number of hydrogen-bond donors (Lipinski definition) is 1. The van der Waals surface area contributed by atoms with E-state index in [0.29, 0.717) is 0 Å². The van der Waals surface area contributed by atoms with Gasteiger partial charge in [0, 0.05) is 24.6 Å². The van der Waals surface area contributed by atoms with Crippen LogP contribution in [0.25, 0.3) is 5.69 Å². The van der Waals surface area contributed by atoms with Gasteiger partial charge in [0.25, 0.3) is 0 Å². The zero-order chi connectivity index (χ0) is 17.2. The van der Waals surface area contributed by atoms with Crippen LogP contribution in [0, 0.1) is 12.7 Å². The highest BCUT2D eigenvalue weighted by molar-refractivity contribution is 7.89. The first-order chi connectivity index (χ1) is 11.5. The smallest absolute Gasteiger partial charge is 0.240 e. The van der Waals surface area contributed by atoms with Gasteiger partial charge in [-0.15, -0.1) is 0 Å². The normalized spacial score (nSPS) is 11.6. The van der Waals surface area contributed by atoms with E-state index in [2.05, 4.69) is 9.71 Å². The van der Waals surface area contributed by atoms with E-state index < -0.39 is 15.8 Å². The summed E-state index contributed by atoms with van der Waals surface area (Å²) in [6.45, 7) is 2.06. The van der Waals surface area contributed by atoms with E-state index in [9.17, 15) is 12.8 Å². The highest BCUT2D eigenvalue weighted by Crippen LogP contribution is 2.13. The second-order valence-electron chi connectivity index (χ2n) is 5.29. The summed E-state index contributed by atoms with van der Waals surface area (Å²) in [6, 6.07) is 12.2. The van der Waals surface area contributed by atoms with Crippen LogP contribution < -0.4 is 4.72 Å². The van der Waals surface area contributed by atoms with Crippen molar-refractivity contribution >= 4 is 10.0 Å². The van der Waals surface area contributed by atoms with Gasteiger partial charge in [0.05, 0.1) is 4.90 Å². The average molecular weight is 345 g/mol. The Labute approximate surface area is 139 Å². The van der Waals surface area contributed by atoms with Gasteiger partial charge in [0.2, 0.25) is 10.0 Å². The molecule has 2 aromatic carbocycles. The molecule has 124 valence electrons. The summed E-state index contributed by atoms with van der Waals surface area (Å²) in [7, 11) is -3.67. The van der Waals surface area contributed by atoms with Crippen molar-refractivity contribution in [1.29, 1.82) is 0 Å². The molecule has 0 radical (unpaired) electrons. The highest BCUT2D eigenvalue weighted by atomic mass is 32.2. The van der Waals surface area contributed by atoms with E-state index in [4.69, 9.17) is 0 Å². The first-order valence-corrected chi connectivity index (χ1v) is 8.78. The van der Waals surface area contributed by atoms with Gasteiger partial charge < -0.3 is 4.57 Å². The van der Waals surface area contributed by atoms with Crippen LogP contribution in [0.1, 0.15) is 11.4 Å². The fourth-order valence-electron chi connectivity index (χ4n) is 2.30. The third-order valence-electron chi connectivity index (χ3n) is 3.63. The fraction of sp³-hybridized carbons (Fsp3) is 0.118. The van der Waals surface area contributed by atoms with Gasteiger partial charge in [-0.1, -0.05) is 12.1 Å². The van der Waals surface area contributed by atoms with Gasteiger partial charge in [-0.3, -0.25) is 0 Å². The van der Waals surface area contributed by atoms with Crippen molar-refractivity contribution in [3.8, 4) is 5.69 Å². The van der Waals surface area contributed by atoms with E-state index in [-0.39, 0.29) is 11.4 Å². The molecule has 0 aliphatic rings. The molecule has 0 atom stereocenters. The van der Waals surface area contributed by atoms with E-state index in [1.54, 1.807) is 6.20 Å². The third-order valence-corrected chi connectivity index (χ3v) is 5.05. The molecule has 0 aliphatic carbocycles. The number of aromatic nitrogens is 2. The van der Waals surface area contributed by atoms with Gasteiger partial charge in [-0.25, -0.2) is 22.5 Å². The first kappa shape index (κ1) is 16.4. The van der Waals surface area contributed by atoms with Gasteiger partial charge >= 0.3 is 0 Å². The number of halogens is 1. The number of rotatable bonds is 5. The highest BCUT2D eigenvalue weighted by Gasteiger charge is 2.13. The molecule has 3 aromatic rings. The standard InChI is InChI=1S/C17H16FN3O2S/c1-13-19-10-11-21(13)16-6-2-14(3-7-16)12-20-24(22,23)17-8-4-15(18)5-9-17/h2-11,20H,12H2,1H3. The summed E-state index contributed by atoms with van der Waals surface area (Å²) >= 11 is 0. The molecule has 7 heteroatoms. The Morgan fingerprint density at radius 1 is 1.08 bits per heavy atom. The summed E-state index contributed by atoms with van der Waals surface area (Å²) in [5.41, 5.74) is 1.78. The molecule has 0 fully saturated rings. The van der Waals surface area contributed by atoms with Crippen molar-refractivity contribution in [2.45, 2.75) is 18.4 Å². The molecule has 0 unspecified atom stereocenters. The van der Waals surface area contributed by atoms with Crippen molar-refractivity contribution in [3.63, 3.8) is 0 Å². The zero-order valence-corrected chi connectivity index (χ0v) is 13.8. The molecule has 1 N–H and O–H groups in total. The summed E-state index contributed by atoms with van der Waals surface area (Å²) in [5.74, 6) is 0.402. The zero-order valence-electron chi connectivity index (χ0n) is 13.0. The van der Waals surface area contributed by atoms with E-state index in [1.807, 2.05) is 42.0 Å². The van der Waals surface area contributed by atoms with Crippen LogP contribution in [0.5, 0.6) is 0 Å². The molecule has 5 nitrogen and oxygen atoms in total. The number of imidazole rings is 1. The van der Waals surface area contributed by atoms with Crippen LogP contribution in [0.3, 0.4) is 0 Å². The topological polar surface area (TPSA) is 64.0 Å². The van der Waals surface area contributed by atoms with Crippen molar-refractivity contribution in [3.05, 3.63) is 78.1 Å². The van der Waals surface area contributed by atoms with E-state index in [0.717, 1.165) is 29.2 Å². The minimum absolute atomic E-state index is 0.0366. The lowest BCUT2D eigenvalue weighted by atomic mass is 10.2. The van der Waals surface area contributed by atoms with Crippen LogP contribution in [0.15, 0.2) is 65.8 Å². The summed E-state index contributed by atoms with van der Waals surface area (Å²) in [4.78, 5) is 4.21. The first-order valence-electron chi connectivity index (χ1n) is 7.30. The lowest BCUT2D eigenvalue weighted by molar-refractivity contribution is 0.580. The second-order valence-corrected chi connectivity index (χ2v) is 7.06. The fourth-order valence-corrected chi connectivity index (χ4v) is 3.32. The number of hydrogen-bond acceptors (Lipinski definition) is 3. The predicted molar refractivity (Wildman–Crippen MR) is 88.7 cm³/mol. The maximum atomic E-state index is 12.9. The Balaban J connectivity index is 1.70. The minimum Gasteiger partial charge on any atom is -0.304 e. The molecule has 0 aliphatic heterocycles. The third kappa shape index (κ3) is 3.52. The van der Waals surface area contributed by atoms with Gasteiger partial charge in [-0.2, -0.15) is 0 Å². The molecule has 1 aromatic heterocycles. The SMILES string of the molecule is Cc1nccn1-c1ccc(CNS(=O)(=O)c2ccc(F)cc2)cc1. The molecular formula is C17H16FN3O2S. The summed E-state index contributed by atoms with van der Waals surface area (Å²) in [5, 5.41) is 0.